The Morgan fingerprint density at radius 1 is 0.407 bits per heavy atom. The van der Waals surface area contributed by atoms with E-state index in [1.807, 2.05) is 0 Å². The number of hydrogen-bond donors (Lipinski definition) is 0. The molecular formula is C27H55. The van der Waals surface area contributed by atoms with E-state index in [2.05, 4.69) is 20.8 Å². The molecule has 0 aliphatic carbocycles. The third kappa shape index (κ3) is 22.2. The summed E-state index contributed by atoms with van der Waals surface area (Å²) in [6.07, 6.45) is 33.1. The molecule has 0 nitrogen and oxygen atoms in total. The highest BCUT2D eigenvalue weighted by Crippen LogP contribution is 2.23. The Labute approximate surface area is 174 Å². The predicted molar refractivity (Wildman–Crippen MR) is 126 cm³/mol. The van der Waals surface area contributed by atoms with Crippen molar-refractivity contribution in [2.75, 3.05) is 0 Å². The molecule has 0 N–H and O–H groups in total. The minimum Gasteiger partial charge on any atom is -0.0654 e. The zero-order chi connectivity index (χ0) is 19.8. The van der Waals surface area contributed by atoms with Crippen molar-refractivity contribution >= 4 is 0 Å². The maximum atomic E-state index is 4.12. The number of unbranched alkanes of at least 4 members (excludes halogenated alkanes) is 17. The van der Waals surface area contributed by atoms with Crippen LogP contribution in [0.4, 0.5) is 0 Å². The Morgan fingerprint density at radius 3 is 1.00 bits per heavy atom. The second kappa shape index (κ2) is 24.0. The molecule has 0 heterocycles. The van der Waals surface area contributed by atoms with Crippen molar-refractivity contribution in [1.82, 2.24) is 0 Å². The summed E-state index contributed by atoms with van der Waals surface area (Å²) in [6.45, 7) is 8.72. The van der Waals surface area contributed by atoms with Gasteiger partial charge in [-0.25, -0.2) is 0 Å². The molecule has 0 saturated carbocycles. The monoisotopic (exact) mass is 379 g/mol. The average molecular weight is 380 g/mol. The van der Waals surface area contributed by atoms with E-state index in [1.54, 1.807) is 0 Å². The molecule has 1 atom stereocenters. The molecule has 1 unspecified atom stereocenters. The van der Waals surface area contributed by atoms with E-state index >= 15 is 0 Å². The lowest BCUT2D eigenvalue weighted by molar-refractivity contribution is 0.381. The van der Waals surface area contributed by atoms with Gasteiger partial charge in [0.2, 0.25) is 0 Å². The van der Waals surface area contributed by atoms with Crippen LogP contribution in [0.25, 0.3) is 0 Å². The summed E-state index contributed by atoms with van der Waals surface area (Å²) in [4.78, 5) is 0. The molecule has 163 valence electrons. The van der Waals surface area contributed by atoms with E-state index in [4.69, 9.17) is 0 Å². The molecule has 0 bridgehead atoms. The van der Waals surface area contributed by atoms with Gasteiger partial charge in [-0.3, -0.25) is 0 Å². The summed E-state index contributed by atoms with van der Waals surface area (Å²) in [6, 6.07) is 0. The molecule has 0 aromatic heterocycles. The van der Waals surface area contributed by atoms with Crippen molar-refractivity contribution in [3.8, 4) is 0 Å². The molecule has 0 heteroatoms. The Hall–Kier alpha value is 0. The topological polar surface area (TPSA) is 0 Å². The first kappa shape index (κ1) is 27.0. The highest BCUT2D eigenvalue weighted by atomic mass is 14.1. The summed E-state index contributed by atoms with van der Waals surface area (Å²) in [5.41, 5.74) is 0. The first-order chi connectivity index (χ1) is 13.3. The summed E-state index contributed by atoms with van der Waals surface area (Å²) >= 11 is 0. The minimum absolute atomic E-state index is 0.973. The molecule has 0 saturated heterocycles. The molecule has 0 fully saturated rings. The van der Waals surface area contributed by atoms with E-state index in [9.17, 15) is 0 Å². The minimum atomic E-state index is 0.973. The van der Waals surface area contributed by atoms with Crippen LogP contribution in [0.5, 0.6) is 0 Å². The lowest BCUT2D eigenvalue weighted by Gasteiger charge is -2.16. The van der Waals surface area contributed by atoms with Gasteiger partial charge in [0.25, 0.3) is 0 Å². The van der Waals surface area contributed by atoms with E-state index in [-0.39, 0.29) is 0 Å². The first-order valence-electron chi connectivity index (χ1n) is 13.1. The number of rotatable bonds is 23. The normalized spacial score (nSPS) is 12.6. The molecule has 0 aromatic rings. The largest absolute Gasteiger partial charge is 0.0654 e. The van der Waals surface area contributed by atoms with Crippen LogP contribution < -0.4 is 0 Å². The Balaban J connectivity index is 3.41. The van der Waals surface area contributed by atoms with E-state index in [0.717, 1.165) is 12.3 Å². The zero-order valence-electron chi connectivity index (χ0n) is 19.5. The van der Waals surface area contributed by atoms with Gasteiger partial charge < -0.3 is 0 Å². The predicted octanol–water partition coefficient (Wildman–Crippen LogP) is 10.4. The van der Waals surface area contributed by atoms with Crippen molar-refractivity contribution in [3.05, 3.63) is 6.92 Å². The summed E-state index contributed by atoms with van der Waals surface area (Å²) < 4.78 is 0. The summed E-state index contributed by atoms with van der Waals surface area (Å²) in [5, 5.41) is 0. The second-order valence-electron chi connectivity index (χ2n) is 9.10. The van der Waals surface area contributed by atoms with Crippen LogP contribution in [0.2, 0.25) is 0 Å². The Morgan fingerprint density at radius 2 is 0.704 bits per heavy atom. The van der Waals surface area contributed by atoms with Crippen molar-refractivity contribution in [2.45, 2.75) is 162 Å². The van der Waals surface area contributed by atoms with Gasteiger partial charge in [0, 0.05) is 0 Å². The summed E-state index contributed by atoms with van der Waals surface area (Å²) in [5.74, 6) is 0.973. The highest BCUT2D eigenvalue weighted by Gasteiger charge is 2.07. The van der Waals surface area contributed by atoms with Gasteiger partial charge in [0.1, 0.15) is 0 Å². The van der Waals surface area contributed by atoms with E-state index in [1.165, 1.54) is 141 Å². The third-order valence-electron chi connectivity index (χ3n) is 6.29. The van der Waals surface area contributed by atoms with Crippen molar-refractivity contribution < 1.29 is 0 Å². The van der Waals surface area contributed by atoms with Gasteiger partial charge >= 0.3 is 0 Å². The molecule has 0 rings (SSSR count). The van der Waals surface area contributed by atoms with Crippen molar-refractivity contribution in [3.63, 3.8) is 0 Å². The lowest BCUT2D eigenvalue weighted by Crippen LogP contribution is -2.00. The molecule has 0 aliphatic rings. The average Bonchev–Trinajstić information content (AvgIpc) is 2.68. The maximum Gasteiger partial charge on any atom is -0.0414 e. The van der Waals surface area contributed by atoms with Gasteiger partial charge in [0.15, 0.2) is 0 Å². The summed E-state index contributed by atoms with van der Waals surface area (Å²) in [7, 11) is 0. The number of hydrogen-bond acceptors (Lipinski definition) is 0. The standard InChI is InChI=1S/C27H55/c1-4-7-9-11-13-15-17-19-21-23-26-27(24-6-3)25-22-20-18-16-14-12-10-8-5-2/h27H,3-26H2,1-2H3. The quantitative estimate of drug-likeness (QED) is 0.155. The van der Waals surface area contributed by atoms with Crippen LogP contribution in [-0.2, 0) is 0 Å². The van der Waals surface area contributed by atoms with Gasteiger partial charge in [-0.15, -0.1) is 0 Å². The van der Waals surface area contributed by atoms with E-state index in [0.29, 0.717) is 0 Å². The zero-order valence-corrected chi connectivity index (χ0v) is 19.5. The fraction of sp³-hybridized carbons (Fsp3) is 0.963. The molecule has 0 spiro atoms. The van der Waals surface area contributed by atoms with Crippen LogP contribution in [0.15, 0.2) is 0 Å². The third-order valence-corrected chi connectivity index (χ3v) is 6.29. The molecule has 0 amide bonds. The SMILES string of the molecule is [CH2]CCC(CCCCCCCCCCC)CCCCCCCCCCCC. The van der Waals surface area contributed by atoms with Crippen LogP contribution in [0.3, 0.4) is 0 Å². The Bertz CT molecular complexity index is 244. The molecular weight excluding hydrogens is 324 g/mol. The second-order valence-corrected chi connectivity index (χ2v) is 9.10. The van der Waals surface area contributed by atoms with E-state index < -0.39 is 0 Å². The smallest absolute Gasteiger partial charge is 0.0414 e. The molecule has 0 aromatic carbocycles. The van der Waals surface area contributed by atoms with Crippen LogP contribution >= 0.6 is 0 Å². The van der Waals surface area contributed by atoms with Gasteiger partial charge in [-0.05, 0) is 5.92 Å². The van der Waals surface area contributed by atoms with Gasteiger partial charge in [-0.1, -0.05) is 168 Å². The van der Waals surface area contributed by atoms with Crippen LogP contribution in [0.1, 0.15) is 162 Å². The lowest BCUT2D eigenvalue weighted by atomic mass is 9.90. The van der Waals surface area contributed by atoms with Crippen LogP contribution in [0, 0.1) is 12.8 Å². The molecule has 27 heavy (non-hydrogen) atoms. The van der Waals surface area contributed by atoms with Crippen molar-refractivity contribution in [2.24, 2.45) is 5.92 Å². The van der Waals surface area contributed by atoms with Crippen LogP contribution in [-0.4, -0.2) is 0 Å². The van der Waals surface area contributed by atoms with Gasteiger partial charge in [0.05, 0.1) is 0 Å². The first-order valence-corrected chi connectivity index (χ1v) is 13.1. The molecule has 0 aliphatic heterocycles. The fourth-order valence-electron chi connectivity index (χ4n) is 4.39. The molecule has 1 radical (unpaired) electrons. The fourth-order valence-corrected chi connectivity index (χ4v) is 4.39. The highest BCUT2D eigenvalue weighted by molar-refractivity contribution is 4.62. The Kier molecular flexibility index (Phi) is 24.0. The van der Waals surface area contributed by atoms with Gasteiger partial charge in [-0.2, -0.15) is 0 Å². The van der Waals surface area contributed by atoms with Crippen molar-refractivity contribution in [1.29, 1.82) is 0 Å². The maximum absolute atomic E-state index is 4.12.